The fraction of sp³-hybridized carbons (Fsp3) is 0.111. The summed E-state index contributed by atoms with van der Waals surface area (Å²) >= 11 is 0. The lowest BCUT2D eigenvalue weighted by molar-refractivity contribution is -0.105. The summed E-state index contributed by atoms with van der Waals surface area (Å²) in [6, 6.07) is 5.29. The predicted molar refractivity (Wildman–Crippen MR) is 53.6 cm³/mol. The quantitative estimate of drug-likeness (QED) is 0.479. The van der Waals surface area contributed by atoms with Gasteiger partial charge < -0.3 is 16.0 Å². The van der Waals surface area contributed by atoms with Gasteiger partial charge in [0.1, 0.15) is 0 Å². The van der Waals surface area contributed by atoms with Crippen LogP contribution in [0.4, 0.5) is 11.4 Å². The van der Waals surface area contributed by atoms with E-state index in [0.717, 1.165) is 11.3 Å². The third-order valence-electron chi connectivity index (χ3n) is 1.70. The maximum Gasteiger partial charge on any atom is 0.211 e. The van der Waals surface area contributed by atoms with Crippen molar-refractivity contribution in [2.75, 3.05) is 17.7 Å². The molecular formula is C9H11N3O. The third kappa shape index (κ3) is 2.05. The number of hydrogen-bond donors (Lipinski definition) is 3. The average molecular weight is 177 g/mol. The first-order chi connectivity index (χ1) is 6.31. The van der Waals surface area contributed by atoms with E-state index in [-0.39, 0.29) is 0 Å². The van der Waals surface area contributed by atoms with E-state index in [2.05, 4.69) is 10.6 Å². The summed E-state index contributed by atoms with van der Waals surface area (Å²) in [5, 5.41) is 12.6. The third-order valence-corrected chi connectivity index (χ3v) is 1.70. The first kappa shape index (κ1) is 9.25. The first-order valence-corrected chi connectivity index (χ1v) is 3.84. The molecule has 0 fully saturated rings. The van der Waals surface area contributed by atoms with Crippen molar-refractivity contribution in [1.82, 2.24) is 0 Å². The van der Waals surface area contributed by atoms with Gasteiger partial charge in [0.05, 0.1) is 0 Å². The van der Waals surface area contributed by atoms with Crippen LogP contribution in [0.5, 0.6) is 0 Å². The maximum atomic E-state index is 10.2. The van der Waals surface area contributed by atoms with E-state index in [0.29, 0.717) is 12.1 Å². The van der Waals surface area contributed by atoms with E-state index in [1.165, 1.54) is 6.21 Å². The van der Waals surface area contributed by atoms with E-state index in [4.69, 9.17) is 5.41 Å². The molecule has 3 N–H and O–H groups in total. The standard InChI is InChI=1S/C9H11N3O/c1-11-9-4-8(12-6-13)3-2-7(9)5-10/h2-6,10-11H,1H3,(H,12,13). The zero-order chi connectivity index (χ0) is 9.68. The topological polar surface area (TPSA) is 65.0 Å². The highest BCUT2D eigenvalue weighted by Gasteiger charge is 1.98. The molecule has 0 spiro atoms. The van der Waals surface area contributed by atoms with E-state index in [9.17, 15) is 4.79 Å². The number of hydrogen-bond acceptors (Lipinski definition) is 3. The molecule has 0 aliphatic rings. The van der Waals surface area contributed by atoms with Crippen LogP contribution in [0.25, 0.3) is 0 Å². The molecule has 0 aliphatic carbocycles. The van der Waals surface area contributed by atoms with Crippen molar-refractivity contribution in [3.05, 3.63) is 23.8 Å². The number of amides is 1. The molecule has 0 saturated heterocycles. The van der Waals surface area contributed by atoms with Crippen LogP contribution >= 0.6 is 0 Å². The molecule has 0 saturated carbocycles. The SMILES string of the molecule is CNc1cc(NC=O)ccc1C=N. The Morgan fingerprint density at radius 3 is 2.77 bits per heavy atom. The molecular weight excluding hydrogens is 166 g/mol. The fourth-order valence-corrected chi connectivity index (χ4v) is 1.06. The molecule has 0 bridgehead atoms. The number of anilines is 2. The second kappa shape index (κ2) is 4.25. The number of rotatable bonds is 4. The summed E-state index contributed by atoms with van der Waals surface area (Å²) in [6.07, 6.45) is 1.88. The molecule has 1 amide bonds. The summed E-state index contributed by atoms with van der Waals surface area (Å²) < 4.78 is 0. The Hall–Kier alpha value is -1.84. The lowest BCUT2D eigenvalue weighted by Gasteiger charge is -2.06. The Balaban J connectivity index is 3.04. The number of carbonyl (C=O) groups excluding carboxylic acids is 1. The van der Waals surface area contributed by atoms with E-state index in [1.54, 1.807) is 25.2 Å². The van der Waals surface area contributed by atoms with Gasteiger partial charge >= 0.3 is 0 Å². The molecule has 1 aromatic rings. The van der Waals surface area contributed by atoms with Crippen LogP contribution < -0.4 is 10.6 Å². The second-order valence-corrected chi connectivity index (χ2v) is 2.46. The van der Waals surface area contributed by atoms with E-state index in [1.807, 2.05) is 0 Å². The minimum Gasteiger partial charge on any atom is -0.388 e. The Morgan fingerprint density at radius 1 is 1.46 bits per heavy atom. The average Bonchev–Trinajstić information content (AvgIpc) is 2.18. The fourth-order valence-electron chi connectivity index (χ4n) is 1.06. The smallest absolute Gasteiger partial charge is 0.211 e. The number of carbonyl (C=O) groups is 1. The summed E-state index contributed by atoms with van der Waals surface area (Å²) in [5.74, 6) is 0. The van der Waals surface area contributed by atoms with Gasteiger partial charge in [-0.25, -0.2) is 0 Å². The Labute approximate surface area is 76.5 Å². The molecule has 0 aromatic heterocycles. The predicted octanol–water partition coefficient (Wildman–Crippen LogP) is 1.29. The van der Waals surface area contributed by atoms with Gasteiger partial charge in [0.2, 0.25) is 6.41 Å². The lowest BCUT2D eigenvalue weighted by atomic mass is 10.1. The normalized spacial score (nSPS) is 9.00. The first-order valence-electron chi connectivity index (χ1n) is 3.84. The highest BCUT2D eigenvalue weighted by atomic mass is 16.1. The van der Waals surface area contributed by atoms with Crippen LogP contribution in [-0.4, -0.2) is 19.7 Å². The molecule has 0 aliphatic heterocycles. The summed E-state index contributed by atoms with van der Waals surface area (Å²) in [6.45, 7) is 0. The van der Waals surface area contributed by atoms with Gasteiger partial charge in [-0.3, -0.25) is 4.79 Å². The number of nitrogens with one attached hydrogen (secondary N) is 3. The van der Waals surface area contributed by atoms with Crippen molar-refractivity contribution < 1.29 is 4.79 Å². The summed E-state index contributed by atoms with van der Waals surface area (Å²) in [4.78, 5) is 10.2. The Morgan fingerprint density at radius 2 is 2.23 bits per heavy atom. The molecule has 0 atom stereocenters. The second-order valence-electron chi connectivity index (χ2n) is 2.46. The molecule has 68 valence electrons. The Kier molecular flexibility index (Phi) is 3.03. The van der Waals surface area contributed by atoms with Gasteiger partial charge in [0, 0.05) is 30.2 Å². The monoisotopic (exact) mass is 177 g/mol. The lowest BCUT2D eigenvalue weighted by Crippen LogP contribution is -1.98. The van der Waals surface area contributed by atoms with Gasteiger partial charge in [0.15, 0.2) is 0 Å². The van der Waals surface area contributed by atoms with Gasteiger partial charge in [0.25, 0.3) is 0 Å². The van der Waals surface area contributed by atoms with Crippen LogP contribution in [0.2, 0.25) is 0 Å². The molecule has 1 aromatic carbocycles. The number of benzene rings is 1. The van der Waals surface area contributed by atoms with Gasteiger partial charge in [-0.1, -0.05) is 0 Å². The van der Waals surface area contributed by atoms with Crippen LogP contribution in [0, 0.1) is 5.41 Å². The van der Waals surface area contributed by atoms with Crippen molar-refractivity contribution in [3.63, 3.8) is 0 Å². The minimum absolute atomic E-state index is 0.624. The molecule has 4 nitrogen and oxygen atoms in total. The van der Waals surface area contributed by atoms with Crippen molar-refractivity contribution in [1.29, 1.82) is 5.41 Å². The highest BCUT2D eigenvalue weighted by molar-refractivity contribution is 5.88. The molecule has 0 unspecified atom stereocenters. The molecule has 0 heterocycles. The highest BCUT2D eigenvalue weighted by Crippen LogP contribution is 2.18. The van der Waals surface area contributed by atoms with Crippen LogP contribution in [0.3, 0.4) is 0 Å². The largest absolute Gasteiger partial charge is 0.388 e. The van der Waals surface area contributed by atoms with E-state index < -0.39 is 0 Å². The molecule has 1 rings (SSSR count). The zero-order valence-electron chi connectivity index (χ0n) is 7.29. The van der Waals surface area contributed by atoms with Gasteiger partial charge in [-0.15, -0.1) is 0 Å². The molecule has 4 heteroatoms. The van der Waals surface area contributed by atoms with Crippen molar-refractivity contribution >= 4 is 24.0 Å². The van der Waals surface area contributed by atoms with Gasteiger partial charge in [-0.05, 0) is 18.2 Å². The van der Waals surface area contributed by atoms with Crippen LogP contribution in [0.1, 0.15) is 5.56 Å². The maximum absolute atomic E-state index is 10.2. The van der Waals surface area contributed by atoms with Crippen molar-refractivity contribution in [2.45, 2.75) is 0 Å². The van der Waals surface area contributed by atoms with Gasteiger partial charge in [-0.2, -0.15) is 0 Å². The van der Waals surface area contributed by atoms with E-state index >= 15 is 0 Å². The van der Waals surface area contributed by atoms with Crippen molar-refractivity contribution in [2.24, 2.45) is 0 Å². The molecule has 0 radical (unpaired) electrons. The summed E-state index contributed by atoms with van der Waals surface area (Å²) in [7, 11) is 1.77. The zero-order valence-corrected chi connectivity index (χ0v) is 7.29. The van der Waals surface area contributed by atoms with Crippen LogP contribution in [-0.2, 0) is 4.79 Å². The summed E-state index contributed by atoms with van der Waals surface area (Å²) in [5.41, 5.74) is 2.32. The molecule has 13 heavy (non-hydrogen) atoms. The Bertz CT molecular complexity index is 323. The van der Waals surface area contributed by atoms with Crippen molar-refractivity contribution in [3.8, 4) is 0 Å². The van der Waals surface area contributed by atoms with Crippen LogP contribution in [0.15, 0.2) is 18.2 Å². The minimum atomic E-state index is 0.624.